The van der Waals surface area contributed by atoms with E-state index in [1.165, 1.54) is 14.3 Å². The van der Waals surface area contributed by atoms with Crippen LogP contribution in [0.2, 0.25) is 0 Å². The van der Waals surface area contributed by atoms with Gasteiger partial charge >= 0.3 is 0 Å². The molecule has 4 heteroatoms. The molecule has 0 aromatic carbocycles. The van der Waals surface area contributed by atoms with Crippen LogP contribution in [0, 0.1) is 5.92 Å². The highest BCUT2D eigenvalue weighted by molar-refractivity contribution is 7.26. The summed E-state index contributed by atoms with van der Waals surface area (Å²) in [4.78, 5) is 1.31. The molecule has 2 N–H and O–H groups in total. The van der Waals surface area contributed by atoms with E-state index < -0.39 is 0 Å². The van der Waals surface area contributed by atoms with Crippen molar-refractivity contribution in [2.75, 3.05) is 13.2 Å². The van der Waals surface area contributed by atoms with Gasteiger partial charge in [-0.15, -0.1) is 22.7 Å². The highest BCUT2D eigenvalue weighted by Gasteiger charge is 2.25. The molecule has 2 nitrogen and oxygen atoms in total. The fraction of sp³-hybridized carbons (Fsp3) is 0.455. The van der Waals surface area contributed by atoms with Gasteiger partial charge < -0.3 is 10.5 Å². The average molecular weight is 239 g/mol. The maximum atomic E-state index is 6.26. The zero-order chi connectivity index (χ0) is 10.3. The molecule has 0 bridgehead atoms. The number of fused-ring (bicyclic) bond motifs is 1. The topological polar surface area (TPSA) is 35.2 Å². The zero-order valence-electron chi connectivity index (χ0n) is 8.31. The maximum Gasteiger partial charge on any atom is 0.0513 e. The predicted octanol–water partition coefficient (Wildman–Crippen LogP) is 3.00. The molecule has 3 heterocycles. The van der Waals surface area contributed by atoms with E-state index in [0.717, 1.165) is 19.6 Å². The second-order valence-corrected chi connectivity index (χ2v) is 6.01. The van der Waals surface area contributed by atoms with Crippen LogP contribution in [-0.4, -0.2) is 13.2 Å². The van der Waals surface area contributed by atoms with E-state index >= 15 is 0 Å². The Morgan fingerprint density at radius 1 is 1.47 bits per heavy atom. The number of hydrogen-bond donors (Lipinski definition) is 1. The molecule has 1 aliphatic heterocycles. The summed E-state index contributed by atoms with van der Waals surface area (Å²) in [7, 11) is 0. The van der Waals surface area contributed by atoms with E-state index in [1.54, 1.807) is 11.3 Å². The first-order valence-electron chi connectivity index (χ1n) is 5.15. The third-order valence-electron chi connectivity index (χ3n) is 2.96. The third kappa shape index (κ3) is 1.72. The lowest BCUT2D eigenvalue weighted by molar-refractivity contribution is 0.181. The van der Waals surface area contributed by atoms with Gasteiger partial charge in [-0.1, -0.05) is 0 Å². The van der Waals surface area contributed by atoms with Crippen molar-refractivity contribution in [1.82, 2.24) is 0 Å². The van der Waals surface area contributed by atoms with Crippen molar-refractivity contribution in [2.24, 2.45) is 11.7 Å². The van der Waals surface area contributed by atoms with Crippen LogP contribution >= 0.6 is 22.7 Å². The lowest BCUT2D eigenvalue weighted by atomic mass is 9.99. The third-order valence-corrected chi connectivity index (χ3v) is 5.15. The second kappa shape index (κ2) is 3.87. The van der Waals surface area contributed by atoms with Crippen LogP contribution in [0.25, 0.3) is 9.40 Å². The van der Waals surface area contributed by atoms with Crippen LogP contribution in [0.5, 0.6) is 0 Å². The molecule has 0 radical (unpaired) electrons. The Hall–Kier alpha value is -0.420. The molecule has 15 heavy (non-hydrogen) atoms. The molecule has 0 saturated carbocycles. The van der Waals surface area contributed by atoms with E-state index in [-0.39, 0.29) is 6.04 Å². The van der Waals surface area contributed by atoms with Gasteiger partial charge in [0.15, 0.2) is 0 Å². The van der Waals surface area contributed by atoms with Crippen LogP contribution in [0.3, 0.4) is 0 Å². The number of hydrogen-bond acceptors (Lipinski definition) is 4. The molecule has 2 aromatic rings. The van der Waals surface area contributed by atoms with Gasteiger partial charge in [0.05, 0.1) is 6.61 Å². The van der Waals surface area contributed by atoms with Gasteiger partial charge in [-0.2, -0.15) is 0 Å². The summed E-state index contributed by atoms with van der Waals surface area (Å²) in [5, 5.41) is 2.13. The van der Waals surface area contributed by atoms with E-state index in [9.17, 15) is 0 Å². The number of rotatable bonds is 2. The summed E-state index contributed by atoms with van der Waals surface area (Å²) >= 11 is 3.62. The molecule has 2 atom stereocenters. The van der Waals surface area contributed by atoms with Gasteiger partial charge in [0.2, 0.25) is 0 Å². The fourth-order valence-electron chi connectivity index (χ4n) is 2.02. The molecule has 2 unspecified atom stereocenters. The number of thiophene rings is 2. The summed E-state index contributed by atoms with van der Waals surface area (Å²) in [6.45, 7) is 1.70. The Morgan fingerprint density at radius 3 is 3.13 bits per heavy atom. The molecule has 1 saturated heterocycles. The van der Waals surface area contributed by atoms with Crippen molar-refractivity contribution in [1.29, 1.82) is 0 Å². The van der Waals surface area contributed by atoms with Gasteiger partial charge in [-0.25, -0.2) is 0 Å². The Morgan fingerprint density at radius 2 is 2.40 bits per heavy atom. The predicted molar refractivity (Wildman–Crippen MR) is 65.6 cm³/mol. The maximum absolute atomic E-state index is 6.26. The molecular weight excluding hydrogens is 226 g/mol. The average Bonchev–Trinajstić information content (AvgIpc) is 2.92. The summed E-state index contributed by atoms with van der Waals surface area (Å²) in [5.74, 6) is 0.512. The van der Waals surface area contributed by atoms with Crippen LogP contribution in [0.15, 0.2) is 17.5 Å². The van der Waals surface area contributed by atoms with Crippen LogP contribution in [0.4, 0.5) is 0 Å². The number of ether oxygens (including phenoxy) is 1. The molecule has 0 aliphatic carbocycles. The Bertz CT molecular complexity index is 427. The van der Waals surface area contributed by atoms with Crippen molar-refractivity contribution in [2.45, 2.75) is 12.5 Å². The standard InChI is InChI=1S/C11H13NOS2/c12-11(7-1-3-13-6-7)10-5-9-8(15-10)2-4-14-9/h2,4-5,7,11H,1,3,6,12H2. The molecule has 80 valence electrons. The zero-order valence-corrected chi connectivity index (χ0v) is 9.94. The first-order chi connectivity index (χ1) is 7.34. The van der Waals surface area contributed by atoms with Crippen molar-refractivity contribution < 1.29 is 4.74 Å². The normalized spacial score (nSPS) is 23.7. The van der Waals surface area contributed by atoms with Crippen molar-refractivity contribution >= 4 is 32.1 Å². The molecular formula is C11H13NOS2. The number of nitrogens with two attached hydrogens (primary N) is 1. The van der Waals surface area contributed by atoms with Crippen molar-refractivity contribution in [3.8, 4) is 0 Å². The molecule has 1 aliphatic rings. The fourth-order valence-corrected chi connectivity index (χ4v) is 4.23. The van der Waals surface area contributed by atoms with E-state index in [1.807, 2.05) is 11.3 Å². The summed E-state index contributed by atoms with van der Waals surface area (Å²) in [6.07, 6.45) is 1.10. The van der Waals surface area contributed by atoms with Crippen LogP contribution in [0.1, 0.15) is 17.3 Å². The molecule has 0 spiro atoms. The monoisotopic (exact) mass is 239 g/mol. The molecule has 3 rings (SSSR count). The van der Waals surface area contributed by atoms with Gasteiger partial charge in [0.25, 0.3) is 0 Å². The van der Waals surface area contributed by atoms with E-state index in [4.69, 9.17) is 10.5 Å². The smallest absolute Gasteiger partial charge is 0.0513 e. The summed E-state index contributed by atoms with van der Waals surface area (Å²) < 4.78 is 8.11. The van der Waals surface area contributed by atoms with Gasteiger partial charge in [-0.05, 0) is 23.9 Å². The SMILES string of the molecule is NC(c1cc2sccc2s1)C1CCOC1. The minimum absolute atomic E-state index is 0.164. The highest BCUT2D eigenvalue weighted by Crippen LogP contribution is 2.36. The van der Waals surface area contributed by atoms with Gasteiger partial charge in [0, 0.05) is 32.8 Å². The Labute approximate surface area is 96.7 Å². The first kappa shape index (κ1) is 9.78. The van der Waals surface area contributed by atoms with Gasteiger partial charge in [0.1, 0.15) is 0 Å². The minimum Gasteiger partial charge on any atom is -0.381 e. The lowest BCUT2D eigenvalue weighted by Gasteiger charge is -2.15. The van der Waals surface area contributed by atoms with Gasteiger partial charge in [-0.3, -0.25) is 0 Å². The lowest BCUT2D eigenvalue weighted by Crippen LogP contribution is -2.20. The Balaban J connectivity index is 1.89. The summed E-state index contributed by atoms with van der Waals surface area (Å²) in [5.41, 5.74) is 6.26. The second-order valence-electron chi connectivity index (χ2n) is 3.95. The highest BCUT2D eigenvalue weighted by atomic mass is 32.1. The summed E-state index contributed by atoms with van der Waals surface area (Å²) in [6, 6.07) is 4.58. The molecule has 2 aromatic heterocycles. The van der Waals surface area contributed by atoms with E-state index in [0.29, 0.717) is 5.92 Å². The molecule has 0 amide bonds. The van der Waals surface area contributed by atoms with Crippen molar-refractivity contribution in [3.63, 3.8) is 0 Å². The quantitative estimate of drug-likeness (QED) is 0.874. The van der Waals surface area contributed by atoms with E-state index in [2.05, 4.69) is 17.5 Å². The van der Waals surface area contributed by atoms with Crippen molar-refractivity contribution in [3.05, 3.63) is 22.4 Å². The first-order valence-corrected chi connectivity index (χ1v) is 6.84. The van der Waals surface area contributed by atoms with Crippen LogP contribution in [-0.2, 0) is 4.74 Å². The Kier molecular flexibility index (Phi) is 2.52. The minimum atomic E-state index is 0.164. The van der Waals surface area contributed by atoms with Crippen LogP contribution < -0.4 is 5.73 Å². The largest absolute Gasteiger partial charge is 0.381 e. The molecule has 1 fully saturated rings.